The van der Waals surface area contributed by atoms with E-state index >= 15 is 0 Å². The Morgan fingerprint density at radius 3 is 2.84 bits per heavy atom. The number of nitrogens with one attached hydrogen (secondary N) is 1. The average molecular weight is 303 g/mol. The molecule has 0 spiro atoms. The number of hydrogen-bond acceptors (Lipinski definition) is 5. The summed E-state index contributed by atoms with van der Waals surface area (Å²) >= 11 is 1.46. The lowest BCUT2D eigenvalue weighted by atomic mass is 10.2. The zero-order valence-electron chi connectivity index (χ0n) is 10.5. The van der Waals surface area contributed by atoms with Gasteiger partial charge < -0.3 is 10.4 Å². The molecular weight excluding hydrogens is 286 g/mol. The van der Waals surface area contributed by atoms with E-state index < -0.39 is 15.8 Å². The van der Waals surface area contributed by atoms with Crippen molar-refractivity contribution in [3.8, 4) is 0 Å². The predicted octanol–water partition coefficient (Wildman–Crippen LogP) is 1.04. The van der Waals surface area contributed by atoms with Crippen LogP contribution >= 0.6 is 11.3 Å². The molecular formula is C12H17NO4S2. The highest BCUT2D eigenvalue weighted by Crippen LogP contribution is 2.18. The second kappa shape index (κ2) is 6.02. The highest BCUT2D eigenvalue weighted by Gasteiger charge is 2.24. The lowest BCUT2D eigenvalue weighted by Gasteiger charge is -2.22. The number of rotatable bonds is 5. The first-order chi connectivity index (χ1) is 8.94. The van der Waals surface area contributed by atoms with E-state index in [1.807, 2.05) is 12.1 Å². The third kappa shape index (κ3) is 4.59. The Hall–Kier alpha value is -0.920. The molecule has 0 aromatic carbocycles. The van der Waals surface area contributed by atoms with Gasteiger partial charge in [-0.15, -0.1) is 11.3 Å². The smallest absolute Gasteiger partial charge is 0.308 e. The van der Waals surface area contributed by atoms with Gasteiger partial charge in [-0.25, -0.2) is 8.42 Å². The van der Waals surface area contributed by atoms with Gasteiger partial charge >= 0.3 is 5.97 Å². The summed E-state index contributed by atoms with van der Waals surface area (Å²) < 4.78 is 23.0. The molecule has 2 N–H and O–H groups in total. The standard InChI is InChI=1S/C12H17NO4S2/c14-12(15)6-10-3-4-11(18-10)7-13-9-2-1-5-19(16,17)8-9/h3-4,9,13H,1-2,5-8H2,(H,14,15). The minimum absolute atomic E-state index is 0.0174. The van der Waals surface area contributed by atoms with Crippen LogP contribution in [0.25, 0.3) is 0 Å². The molecule has 1 saturated heterocycles. The molecule has 19 heavy (non-hydrogen) atoms. The molecule has 106 valence electrons. The quantitative estimate of drug-likeness (QED) is 0.849. The molecule has 0 amide bonds. The van der Waals surface area contributed by atoms with Crippen molar-refractivity contribution >= 4 is 27.1 Å². The number of carboxylic acids is 1. The SMILES string of the molecule is O=C(O)Cc1ccc(CNC2CCCS(=O)(=O)C2)s1. The molecule has 0 bridgehead atoms. The Labute approximate surface area is 116 Å². The highest BCUT2D eigenvalue weighted by molar-refractivity contribution is 7.91. The van der Waals surface area contributed by atoms with Crippen LogP contribution in [0.5, 0.6) is 0 Å². The zero-order valence-corrected chi connectivity index (χ0v) is 12.1. The summed E-state index contributed by atoms with van der Waals surface area (Å²) in [5, 5.41) is 11.9. The van der Waals surface area contributed by atoms with Crippen molar-refractivity contribution in [2.75, 3.05) is 11.5 Å². The fourth-order valence-electron chi connectivity index (χ4n) is 2.19. The maximum absolute atomic E-state index is 11.5. The van der Waals surface area contributed by atoms with Gasteiger partial charge in [-0.3, -0.25) is 4.79 Å². The van der Waals surface area contributed by atoms with Crippen molar-refractivity contribution in [2.45, 2.75) is 31.8 Å². The van der Waals surface area contributed by atoms with Crippen molar-refractivity contribution in [1.82, 2.24) is 5.32 Å². The maximum atomic E-state index is 11.5. The van der Waals surface area contributed by atoms with Gasteiger partial charge in [0.1, 0.15) is 0 Å². The van der Waals surface area contributed by atoms with E-state index in [9.17, 15) is 13.2 Å². The Bertz CT molecular complexity index is 550. The van der Waals surface area contributed by atoms with Crippen molar-refractivity contribution < 1.29 is 18.3 Å². The third-order valence-corrected chi connectivity index (χ3v) is 5.98. The normalized spacial score (nSPS) is 22.2. The summed E-state index contributed by atoms with van der Waals surface area (Å²) in [6.45, 7) is 0.602. The van der Waals surface area contributed by atoms with Gasteiger partial charge in [0.2, 0.25) is 0 Å². The molecule has 0 saturated carbocycles. The van der Waals surface area contributed by atoms with Crippen LogP contribution in [0.3, 0.4) is 0 Å². The zero-order chi connectivity index (χ0) is 13.9. The Balaban J connectivity index is 1.85. The topological polar surface area (TPSA) is 83.5 Å². The van der Waals surface area contributed by atoms with Gasteiger partial charge in [0.15, 0.2) is 9.84 Å². The Morgan fingerprint density at radius 1 is 1.42 bits per heavy atom. The number of sulfone groups is 1. The fraction of sp³-hybridized carbons (Fsp3) is 0.583. The number of hydrogen-bond donors (Lipinski definition) is 2. The number of thiophene rings is 1. The van der Waals surface area contributed by atoms with Gasteiger partial charge in [-0.2, -0.15) is 0 Å². The Kier molecular flexibility index (Phi) is 4.59. The number of aliphatic carboxylic acids is 1. The van der Waals surface area contributed by atoms with E-state index in [0.717, 1.165) is 16.2 Å². The van der Waals surface area contributed by atoms with Crippen LogP contribution in [0.4, 0.5) is 0 Å². The molecule has 0 aliphatic carbocycles. The van der Waals surface area contributed by atoms with E-state index in [4.69, 9.17) is 5.11 Å². The minimum atomic E-state index is -2.88. The first kappa shape index (κ1) is 14.5. The van der Waals surface area contributed by atoms with Crippen molar-refractivity contribution in [3.05, 3.63) is 21.9 Å². The molecule has 1 fully saturated rings. The van der Waals surface area contributed by atoms with E-state index in [-0.39, 0.29) is 18.2 Å². The molecule has 2 heterocycles. The molecule has 1 aromatic rings. The maximum Gasteiger partial charge on any atom is 0.308 e. The van der Waals surface area contributed by atoms with Crippen LogP contribution in [0.2, 0.25) is 0 Å². The molecule has 1 atom stereocenters. The van der Waals surface area contributed by atoms with Crippen molar-refractivity contribution in [1.29, 1.82) is 0 Å². The summed E-state index contributed by atoms with van der Waals surface area (Å²) in [6, 6.07) is 3.73. The van der Waals surface area contributed by atoms with E-state index in [0.29, 0.717) is 18.7 Å². The summed E-state index contributed by atoms with van der Waals surface area (Å²) in [4.78, 5) is 12.4. The summed E-state index contributed by atoms with van der Waals surface area (Å²) in [7, 11) is -2.88. The van der Waals surface area contributed by atoms with Gasteiger partial charge in [0.05, 0.1) is 17.9 Å². The average Bonchev–Trinajstić information content (AvgIpc) is 2.72. The molecule has 1 aliphatic rings. The van der Waals surface area contributed by atoms with Crippen LogP contribution in [0.1, 0.15) is 22.6 Å². The summed E-state index contributed by atoms with van der Waals surface area (Å²) in [6.07, 6.45) is 1.64. The number of carboxylic acid groups (broad SMARTS) is 1. The molecule has 5 nitrogen and oxygen atoms in total. The van der Waals surface area contributed by atoms with Gasteiger partial charge in [-0.05, 0) is 25.0 Å². The molecule has 0 radical (unpaired) electrons. The van der Waals surface area contributed by atoms with Crippen LogP contribution in [0, 0.1) is 0 Å². The van der Waals surface area contributed by atoms with Crippen LogP contribution in [0.15, 0.2) is 12.1 Å². The van der Waals surface area contributed by atoms with Crippen molar-refractivity contribution in [2.24, 2.45) is 0 Å². The lowest BCUT2D eigenvalue weighted by molar-refractivity contribution is -0.136. The summed E-state index contributed by atoms with van der Waals surface area (Å²) in [5.41, 5.74) is 0. The minimum Gasteiger partial charge on any atom is -0.481 e. The van der Waals surface area contributed by atoms with Crippen LogP contribution in [-0.4, -0.2) is 37.0 Å². The molecule has 1 aliphatic heterocycles. The van der Waals surface area contributed by atoms with E-state index in [1.54, 1.807) is 0 Å². The fourth-order valence-corrected chi connectivity index (χ4v) is 4.82. The predicted molar refractivity (Wildman–Crippen MR) is 74.2 cm³/mol. The third-order valence-electron chi connectivity index (χ3n) is 3.07. The van der Waals surface area contributed by atoms with Gasteiger partial charge in [0.25, 0.3) is 0 Å². The molecule has 1 aromatic heterocycles. The monoisotopic (exact) mass is 303 g/mol. The number of carbonyl (C=O) groups is 1. The summed E-state index contributed by atoms with van der Waals surface area (Å²) in [5.74, 6) is -0.326. The van der Waals surface area contributed by atoms with Gasteiger partial charge in [0, 0.05) is 22.3 Å². The van der Waals surface area contributed by atoms with Gasteiger partial charge in [-0.1, -0.05) is 0 Å². The lowest BCUT2D eigenvalue weighted by Crippen LogP contribution is -2.39. The van der Waals surface area contributed by atoms with Crippen LogP contribution in [-0.2, 0) is 27.6 Å². The van der Waals surface area contributed by atoms with E-state index in [1.165, 1.54) is 11.3 Å². The second-order valence-corrected chi connectivity index (χ2v) is 8.25. The molecule has 2 rings (SSSR count). The van der Waals surface area contributed by atoms with Crippen molar-refractivity contribution in [3.63, 3.8) is 0 Å². The first-order valence-corrected chi connectivity index (χ1v) is 8.81. The second-order valence-electron chi connectivity index (χ2n) is 4.77. The highest BCUT2D eigenvalue weighted by atomic mass is 32.2. The van der Waals surface area contributed by atoms with Crippen LogP contribution < -0.4 is 5.32 Å². The largest absolute Gasteiger partial charge is 0.481 e. The Morgan fingerprint density at radius 2 is 2.16 bits per heavy atom. The molecule has 7 heteroatoms. The first-order valence-electron chi connectivity index (χ1n) is 6.18. The molecule has 1 unspecified atom stereocenters. The van der Waals surface area contributed by atoms with E-state index in [2.05, 4.69) is 5.32 Å².